The summed E-state index contributed by atoms with van der Waals surface area (Å²) in [6, 6.07) is 7.55. The molecule has 2 rings (SSSR count). The normalized spacial score (nSPS) is 11.1. The fraction of sp³-hybridized carbons (Fsp3) is 0.182. The Morgan fingerprint density at radius 1 is 1.25 bits per heavy atom. The Morgan fingerprint density at radius 2 is 2.06 bits per heavy atom. The van der Waals surface area contributed by atoms with Gasteiger partial charge in [-0.3, -0.25) is 0 Å². The Balaban J connectivity index is 2.32. The molecule has 0 radical (unpaired) electrons. The average Bonchev–Trinajstić information content (AvgIpc) is 2.56. The van der Waals surface area contributed by atoms with Crippen LogP contribution in [-0.2, 0) is 0 Å². The smallest absolute Gasteiger partial charge is 0.336 e. The molecule has 16 heavy (non-hydrogen) atoms. The largest absolute Gasteiger partial charge is 0.384 e. The molecule has 5 heteroatoms. The fourth-order valence-electron chi connectivity index (χ4n) is 1.29. The van der Waals surface area contributed by atoms with E-state index in [1.54, 1.807) is 6.92 Å². The number of H-pyrrole nitrogens is 1. The number of nitrogens with zero attached hydrogens (tertiary/aromatic N) is 2. The van der Waals surface area contributed by atoms with Gasteiger partial charge in [0.1, 0.15) is 0 Å². The second-order valence-electron chi connectivity index (χ2n) is 3.50. The van der Waals surface area contributed by atoms with Crippen LogP contribution in [0.4, 0.5) is 11.4 Å². The minimum atomic E-state index is -0.506. The van der Waals surface area contributed by atoms with Crippen LogP contribution in [0.25, 0.3) is 0 Å². The second kappa shape index (κ2) is 4.14. The first-order chi connectivity index (χ1) is 7.66. The molecule has 1 N–H and O–H groups in total. The number of hydrogen-bond acceptors (Lipinski definition) is 4. The summed E-state index contributed by atoms with van der Waals surface area (Å²) in [5.74, 6) is 0. The zero-order valence-electron chi connectivity index (χ0n) is 9.02. The van der Waals surface area contributed by atoms with Crippen LogP contribution in [0.3, 0.4) is 0 Å². The lowest BCUT2D eigenvalue weighted by atomic mass is 10.2. The van der Waals surface area contributed by atoms with Crippen LogP contribution < -0.4 is 5.63 Å². The molecule has 0 bridgehead atoms. The van der Waals surface area contributed by atoms with Crippen molar-refractivity contribution in [3.8, 4) is 0 Å². The molecule has 0 saturated carbocycles. The molecule has 0 saturated heterocycles. The summed E-state index contributed by atoms with van der Waals surface area (Å²) in [6.45, 7) is 3.67. The Labute approximate surface area is 91.8 Å². The SMILES string of the molecule is Cc1cccc(N=Nc2c(C)[nH]oc2=O)c1. The summed E-state index contributed by atoms with van der Waals surface area (Å²) in [6.07, 6.45) is 0. The number of rotatable bonds is 2. The lowest BCUT2D eigenvalue weighted by Gasteiger charge is -1.93. The molecular formula is C11H11N3O2. The van der Waals surface area contributed by atoms with E-state index in [1.807, 2.05) is 31.2 Å². The molecule has 1 heterocycles. The van der Waals surface area contributed by atoms with Crippen molar-refractivity contribution in [2.75, 3.05) is 0 Å². The Morgan fingerprint density at radius 3 is 2.69 bits per heavy atom. The zero-order chi connectivity index (χ0) is 11.5. The summed E-state index contributed by atoms with van der Waals surface area (Å²) >= 11 is 0. The van der Waals surface area contributed by atoms with Crippen molar-refractivity contribution in [1.29, 1.82) is 0 Å². The van der Waals surface area contributed by atoms with Crippen molar-refractivity contribution in [1.82, 2.24) is 5.16 Å². The molecule has 0 aliphatic rings. The molecular weight excluding hydrogens is 206 g/mol. The number of aryl methyl sites for hydroxylation is 2. The van der Waals surface area contributed by atoms with Gasteiger partial charge in [-0.1, -0.05) is 12.1 Å². The third-order valence-electron chi connectivity index (χ3n) is 2.11. The quantitative estimate of drug-likeness (QED) is 0.785. The van der Waals surface area contributed by atoms with E-state index in [2.05, 4.69) is 19.9 Å². The molecule has 5 nitrogen and oxygen atoms in total. The predicted octanol–water partition coefficient (Wildman–Crippen LogP) is 3.00. The van der Waals surface area contributed by atoms with Crippen LogP contribution in [-0.4, -0.2) is 5.16 Å². The average molecular weight is 217 g/mol. The van der Waals surface area contributed by atoms with Crippen LogP contribution in [0.2, 0.25) is 0 Å². The van der Waals surface area contributed by atoms with Gasteiger partial charge in [0, 0.05) is 0 Å². The summed E-state index contributed by atoms with van der Waals surface area (Å²) in [4.78, 5) is 11.2. The van der Waals surface area contributed by atoms with Gasteiger partial charge < -0.3 is 4.52 Å². The third-order valence-corrected chi connectivity index (χ3v) is 2.11. The number of aromatic amines is 1. The van der Waals surface area contributed by atoms with E-state index < -0.39 is 5.63 Å². The van der Waals surface area contributed by atoms with Crippen LogP contribution in [0.1, 0.15) is 11.3 Å². The topological polar surface area (TPSA) is 70.7 Å². The fourth-order valence-corrected chi connectivity index (χ4v) is 1.29. The molecule has 0 aliphatic heterocycles. The van der Waals surface area contributed by atoms with Gasteiger partial charge in [0.15, 0.2) is 5.69 Å². The summed E-state index contributed by atoms with van der Waals surface area (Å²) in [7, 11) is 0. The van der Waals surface area contributed by atoms with Gasteiger partial charge in [-0.05, 0) is 31.5 Å². The highest BCUT2D eigenvalue weighted by atomic mass is 16.5. The Hall–Kier alpha value is -2.17. The number of azo groups is 1. The first kappa shape index (κ1) is 10.4. The van der Waals surface area contributed by atoms with Crippen molar-refractivity contribution in [3.05, 3.63) is 45.9 Å². The highest BCUT2D eigenvalue weighted by Crippen LogP contribution is 2.18. The highest BCUT2D eigenvalue weighted by molar-refractivity contribution is 5.41. The molecule has 0 amide bonds. The monoisotopic (exact) mass is 217 g/mol. The van der Waals surface area contributed by atoms with Gasteiger partial charge >= 0.3 is 5.63 Å². The van der Waals surface area contributed by atoms with Crippen molar-refractivity contribution in [3.63, 3.8) is 0 Å². The summed E-state index contributed by atoms with van der Waals surface area (Å²) in [5, 5.41) is 10.3. The molecule has 0 fully saturated rings. The maximum atomic E-state index is 11.2. The van der Waals surface area contributed by atoms with Gasteiger partial charge in [-0.25, -0.2) is 9.95 Å². The van der Waals surface area contributed by atoms with Gasteiger partial charge in [-0.2, -0.15) is 5.11 Å². The van der Waals surface area contributed by atoms with E-state index in [4.69, 9.17) is 0 Å². The maximum Gasteiger partial charge on any atom is 0.384 e. The third kappa shape index (κ3) is 2.08. The Kier molecular flexibility index (Phi) is 2.68. The van der Waals surface area contributed by atoms with E-state index in [9.17, 15) is 4.79 Å². The number of nitrogens with one attached hydrogen (secondary N) is 1. The molecule has 82 valence electrons. The highest BCUT2D eigenvalue weighted by Gasteiger charge is 2.06. The van der Waals surface area contributed by atoms with E-state index in [0.29, 0.717) is 11.4 Å². The van der Waals surface area contributed by atoms with Crippen molar-refractivity contribution < 1.29 is 4.52 Å². The molecule has 0 aliphatic carbocycles. The zero-order valence-corrected chi connectivity index (χ0v) is 9.02. The lowest BCUT2D eigenvalue weighted by Crippen LogP contribution is -1.89. The standard InChI is InChI=1S/C11H11N3O2/c1-7-4-3-5-9(6-7)12-13-10-8(2)14-16-11(10)15/h3-6,14H,1-2H3. The van der Waals surface area contributed by atoms with E-state index in [-0.39, 0.29) is 5.69 Å². The number of aromatic nitrogens is 1. The first-order valence-corrected chi connectivity index (χ1v) is 4.83. The van der Waals surface area contributed by atoms with Crippen LogP contribution in [0, 0.1) is 13.8 Å². The van der Waals surface area contributed by atoms with Gasteiger partial charge in [-0.15, -0.1) is 5.11 Å². The molecule has 2 aromatic rings. The van der Waals surface area contributed by atoms with Crippen LogP contribution in [0.15, 0.2) is 43.8 Å². The van der Waals surface area contributed by atoms with Crippen molar-refractivity contribution in [2.45, 2.75) is 13.8 Å². The molecule has 0 unspecified atom stereocenters. The molecule has 0 atom stereocenters. The van der Waals surface area contributed by atoms with Crippen molar-refractivity contribution >= 4 is 11.4 Å². The van der Waals surface area contributed by atoms with Gasteiger partial charge in [0.2, 0.25) is 0 Å². The van der Waals surface area contributed by atoms with Gasteiger partial charge in [0.05, 0.1) is 11.4 Å². The molecule has 1 aromatic carbocycles. The summed E-state index contributed by atoms with van der Waals surface area (Å²) in [5.41, 5.74) is 2.08. The van der Waals surface area contributed by atoms with Crippen LogP contribution in [0.5, 0.6) is 0 Å². The van der Waals surface area contributed by atoms with E-state index in [0.717, 1.165) is 5.56 Å². The number of hydrogen-bond donors (Lipinski definition) is 1. The van der Waals surface area contributed by atoms with Crippen molar-refractivity contribution in [2.24, 2.45) is 10.2 Å². The second-order valence-corrected chi connectivity index (χ2v) is 3.50. The Bertz CT molecular complexity index is 581. The maximum absolute atomic E-state index is 11.2. The van der Waals surface area contributed by atoms with Gasteiger partial charge in [0.25, 0.3) is 0 Å². The predicted molar refractivity (Wildman–Crippen MR) is 59.4 cm³/mol. The number of benzene rings is 1. The van der Waals surface area contributed by atoms with E-state index in [1.165, 1.54) is 0 Å². The lowest BCUT2D eigenvalue weighted by molar-refractivity contribution is 0.388. The van der Waals surface area contributed by atoms with E-state index >= 15 is 0 Å². The summed E-state index contributed by atoms with van der Waals surface area (Å²) < 4.78 is 4.57. The van der Waals surface area contributed by atoms with Crippen LogP contribution >= 0.6 is 0 Å². The minimum Gasteiger partial charge on any atom is -0.336 e. The molecule has 0 spiro atoms. The minimum absolute atomic E-state index is 0.210. The first-order valence-electron chi connectivity index (χ1n) is 4.83. The molecule has 1 aromatic heterocycles.